The van der Waals surface area contributed by atoms with Crippen molar-refractivity contribution in [1.29, 1.82) is 0 Å². The Morgan fingerprint density at radius 2 is 1.88 bits per heavy atom. The normalized spacial score (nSPS) is 18.5. The molecule has 1 aromatic carbocycles. The molecule has 17 heavy (non-hydrogen) atoms. The smallest absolute Gasteiger partial charge is 0.0663 e. The first kappa shape index (κ1) is 12.6. The topological polar surface area (TPSA) is 35.2 Å². The van der Waals surface area contributed by atoms with Crippen molar-refractivity contribution in [3.8, 4) is 0 Å². The third-order valence-electron chi connectivity index (χ3n) is 3.63. The Balaban J connectivity index is 1.83. The van der Waals surface area contributed by atoms with Crippen LogP contribution in [-0.2, 0) is 11.2 Å². The summed E-state index contributed by atoms with van der Waals surface area (Å²) in [6, 6.07) is 8.58. The summed E-state index contributed by atoms with van der Waals surface area (Å²) in [5.74, 6) is 0. The van der Waals surface area contributed by atoms with Gasteiger partial charge in [-0.3, -0.25) is 0 Å². The number of benzene rings is 1. The van der Waals surface area contributed by atoms with Crippen LogP contribution >= 0.6 is 0 Å². The molecule has 0 spiro atoms. The highest BCUT2D eigenvalue weighted by molar-refractivity contribution is 5.24. The summed E-state index contributed by atoms with van der Waals surface area (Å²) < 4.78 is 5.85. The standard InChI is InChI=1S/C15H23NO/c1-2-12-7-9-13(10-8-12)15(16)11-17-14-5-3-4-6-14/h7-10,14-15H,2-6,11,16H2,1H3. The van der Waals surface area contributed by atoms with Crippen LogP contribution in [0.3, 0.4) is 0 Å². The van der Waals surface area contributed by atoms with Gasteiger partial charge in [0.1, 0.15) is 0 Å². The third-order valence-corrected chi connectivity index (χ3v) is 3.63. The molecule has 1 aliphatic rings. The van der Waals surface area contributed by atoms with Gasteiger partial charge in [-0.05, 0) is 30.4 Å². The van der Waals surface area contributed by atoms with Gasteiger partial charge >= 0.3 is 0 Å². The molecule has 2 N–H and O–H groups in total. The molecule has 1 aliphatic carbocycles. The van der Waals surface area contributed by atoms with Crippen LogP contribution in [0.2, 0.25) is 0 Å². The fraction of sp³-hybridized carbons (Fsp3) is 0.600. The molecular weight excluding hydrogens is 210 g/mol. The Morgan fingerprint density at radius 3 is 2.47 bits per heavy atom. The summed E-state index contributed by atoms with van der Waals surface area (Å²) in [6.45, 7) is 2.81. The Labute approximate surface area is 104 Å². The fourth-order valence-electron chi connectivity index (χ4n) is 2.39. The molecule has 1 saturated carbocycles. The Hall–Kier alpha value is -0.860. The van der Waals surface area contributed by atoms with Gasteiger partial charge in [-0.25, -0.2) is 0 Å². The first-order valence-corrected chi connectivity index (χ1v) is 6.75. The maximum absolute atomic E-state index is 6.14. The van der Waals surface area contributed by atoms with E-state index in [1.807, 2.05) is 0 Å². The van der Waals surface area contributed by atoms with Gasteiger partial charge < -0.3 is 10.5 Å². The van der Waals surface area contributed by atoms with Crippen molar-refractivity contribution in [1.82, 2.24) is 0 Å². The van der Waals surface area contributed by atoms with Gasteiger partial charge in [0.05, 0.1) is 18.8 Å². The highest BCUT2D eigenvalue weighted by atomic mass is 16.5. The van der Waals surface area contributed by atoms with E-state index < -0.39 is 0 Å². The molecule has 0 bridgehead atoms. The zero-order valence-corrected chi connectivity index (χ0v) is 10.7. The molecule has 0 aromatic heterocycles. The predicted molar refractivity (Wildman–Crippen MR) is 71.0 cm³/mol. The van der Waals surface area contributed by atoms with Crippen LogP contribution in [0.5, 0.6) is 0 Å². The second-order valence-corrected chi connectivity index (χ2v) is 4.94. The molecule has 0 saturated heterocycles. The lowest BCUT2D eigenvalue weighted by molar-refractivity contribution is 0.0489. The van der Waals surface area contributed by atoms with Gasteiger partial charge in [-0.2, -0.15) is 0 Å². The van der Waals surface area contributed by atoms with Gasteiger partial charge in [0.2, 0.25) is 0 Å². The maximum Gasteiger partial charge on any atom is 0.0663 e. The van der Waals surface area contributed by atoms with Crippen LogP contribution in [0.4, 0.5) is 0 Å². The number of rotatable bonds is 5. The number of aryl methyl sites for hydroxylation is 1. The van der Waals surface area contributed by atoms with E-state index in [-0.39, 0.29) is 6.04 Å². The van der Waals surface area contributed by atoms with Crippen LogP contribution in [0, 0.1) is 0 Å². The van der Waals surface area contributed by atoms with E-state index in [2.05, 4.69) is 31.2 Å². The lowest BCUT2D eigenvalue weighted by atomic mass is 10.1. The molecule has 0 aliphatic heterocycles. The van der Waals surface area contributed by atoms with Gasteiger partial charge in [-0.15, -0.1) is 0 Å². The molecule has 2 nitrogen and oxygen atoms in total. The fourth-order valence-corrected chi connectivity index (χ4v) is 2.39. The second-order valence-electron chi connectivity index (χ2n) is 4.94. The molecule has 1 unspecified atom stereocenters. The number of hydrogen-bond acceptors (Lipinski definition) is 2. The molecule has 1 fully saturated rings. The molecule has 1 aromatic rings. The molecule has 2 rings (SSSR count). The zero-order valence-electron chi connectivity index (χ0n) is 10.7. The summed E-state index contributed by atoms with van der Waals surface area (Å²) in [5.41, 5.74) is 8.68. The lowest BCUT2D eigenvalue weighted by Gasteiger charge is -2.16. The van der Waals surface area contributed by atoms with Crippen molar-refractivity contribution in [3.05, 3.63) is 35.4 Å². The van der Waals surface area contributed by atoms with Crippen LogP contribution in [0.1, 0.15) is 49.8 Å². The second kappa shape index (κ2) is 6.18. The van der Waals surface area contributed by atoms with Crippen molar-refractivity contribution in [2.75, 3.05) is 6.61 Å². The van der Waals surface area contributed by atoms with Crippen molar-refractivity contribution in [2.45, 2.75) is 51.2 Å². The zero-order chi connectivity index (χ0) is 12.1. The lowest BCUT2D eigenvalue weighted by Crippen LogP contribution is -2.20. The maximum atomic E-state index is 6.14. The molecule has 2 heteroatoms. The summed E-state index contributed by atoms with van der Waals surface area (Å²) in [6.07, 6.45) is 6.57. The van der Waals surface area contributed by atoms with E-state index in [9.17, 15) is 0 Å². The predicted octanol–water partition coefficient (Wildman–Crippen LogP) is 3.21. The van der Waals surface area contributed by atoms with Crippen LogP contribution in [0.25, 0.3) is 0 Å². The summed E-state index contributed by atoms with van der Waals surface area (Å²) in [4.78, 5) is 0. The monoisotopic (exact) mass is 233 g/mol. The van der Waals surface area contributed by atoms with E-state index in [4.69, 9.17) is 10.5 Å². The Kier molecular flexibility index (Phi) is 4.57. The van der Waals surface area contributed by atoms with Gasteiger partial charge in [0.25, 0.3) is 0 Å². The Morgan fingerprint density at radius 1 is 1.24 bits per heavy atom. The number of hydrogen-bond donors (Lipinski definition) is 1. The minimum absolute atomic E-state index is 0.0153. The van der Waals surface area contributed by atoms with Crippen molar-refractivity contribution in [2.24, 2.45) is 5.73 Å². The van der Waals surface area contributed by atoms with Crippen LogP contribution in [0.15, 0.2) is 24.3 Å². The quantitative estimate of drug-likeness (QED) is 0.847. The highest BCUT2D eigenvalue weighted by Crippen LogP contribution is 2.22. The van der Waals surface area contributed by atoms with Crippen molar-refractivity contribution in [3.63, 3.8) is 0 Å². The van der Waals surface area contributed by atoms with E-state index in [1.54, 1.807) is 0 Å². The van der Waals surface area contributed by atoms with Crippen molar-refractivity contribution >= 4 is 0 Å². The van der Waals surface area contributed by atoms with Gasteiger partial charge in [0, 0.05) is 0 Å². The largest absolute Gasteiger partial charge is 0.376 e. The molecule has 0 heterocycles. The molecule has 94 valence electrons. The minimum Gasteiger partial charge on any atom is -0.376 e. The van der Waals surface area contributed by atoms with E-state index in [0.717, 1.165) is 6.42 Å². The molecule has 0 radical (unpaired) electrons. The third kappa shape index (κ3) is 3.55. The average Bonchev–Trinajstić information content (AvgIpc) is 2.89. The molecule has 0 amide bonds. The first-order valence-electron chi connectivity index (χ1n) is 6.75. The van der Waals surface area contributed by atoms with Crippen LogP contribution in [-0.4, -0.2) is 12.7 Å². The highest BCUT2D eigenvalue weighted by Gasteiger charge is 2.16. The van der Waals surface area contributed by atoms with Crippen LogP contribution < -0.4 is 5.73 Å². The Bertz CT molecular complexity index is 327. The first-order chi connectivity index (χ1) is 8.29. The summed E-state index contributed by atoms with van der Waals surface area (Å²) in [7, 11) is 0. The number of ether oxygens (including phenoxy) is 1. The molecule has 1 atom stereocenters. The van der Waals surface area contributed by atoms with E-state index in [0.29, 0.717) is 12.7 Å². The summed E-state index contributed by atoms with van der Waals surface area (Å²) in [5, 5.41) is 0. The van der Waals surface area contributed by atoms with Crippen molar-refractivity contribution < 1.29 is 4.74 Å². The number of nitrogens with two attached hydrogens (primary N) is 1. The minimum atomic E-state index is 0.0153. The summed E-state index contributed by atoms with van der Waals surface area (Å²) >= 11 is 0. The average molecular weight is 233 g/mol. The van der Waals surface area contributed by atoms with Gasteiger partial charge in [0.15, 0.2) is 0 Å². The van der Waals surface area contributed by atoms with Gasteiger partial charge in [-0.1, -0.05) is 44.0 Å². The SMILES string of the molecule is CCc1ccc(C(N)COC2CCCC2)cc1. The van der Waals surface area contributed by atoms with E-state index in [1.165, 1.54) is 36.8 Å². The van der Waals surface area contributed by atoms with E-state index >= 15 is 0 Å². The molecular formula is C15H23NO.